The summed E-state index contributed by atoms with van der Waals surface area (Å²) in [6.45, 7) is 3.24. The maximum absolute atomic E-state index is 12.3. The van der Waals surface area contributed by atoms with E-state index in [0.29, 0.717) is 51.0 Å². The summed E-state index contributed by atoms with van der Waals surface area (Å²) >= 11 is 0. The van der Waals surface area contributed by atoms with Gasteiger partial charge in [-0.2, -0.15) is 9.78 Å². The number of hydrogen-bond acceptors (Lipinski definition) is 8. The number of ether oxygens (including phenoxy) is 5. The van der Waals surface area contributed by atoms with Gasteiger partial charge in [0, 0.05) is 25.3 Å². The fourth-order valence-corrected chi connectivity index (χ4v) is 4.30. The first kappa shape index (κ1) is 28.2. The number of esters is 1. The van der Waals surface area contributed by atoms with E-state index in [1.165, 1.54) is 35.4 Å². The Morgan fingerprint density at radius 3 is 2.10 bits per heavy atom. The highest BCUT2D eigenvalue weighted by molar-refractivity contribution is 5.93. The number of nitrogens with one attached hydrogen (secondary N) is 1. The molecule has 1 heterocycles. The molecule has 4 aromatic rings. The monoisotopic (exact) mass is 545 g/mol. The minimum Gasteiger partial charge on any atom is -0.493 e. The van der Waals surface area contributed by atoms with Gasteiger partial charge >= 0.3 is 5.97 Å². The van der Waals surface area contributed by atoms with Crippen molar-refractivity contribution in [3.63, 3.8) is 0 Å². The van der Waals surface area contributed by atoms with Crippen molar-refractivity contribution in [3.05, 3.63) is 66.2 Å². The Hall–Kier alpha value is -4.83. The number of carbonyl (C=O) groups is 2. The lowest BCUT2D eigenvalue weighted by Crippen LogP contribution is -2.16. The molecule has 3 aromatic carbocycles. The largest absolute Gasteiger partial charge is 0.493 e. The molecular formula is C30H31N3O7. The molecular weight excluding hydrogens is 514 g/mol. The van der Waals surface area contributed by atoms with E-state index in [1.54, 1.807) is 28.9 Å². The predicted octanol–water partition coefficient (Wildman–Crippen LogP) is 5.05. The standard InChI is InChI=1S/C30H31N3O7/c1-18-8-7-9-23(14-18)33-30(40-19(2)34)27(20-10-12-22(13-11-20)31-26(35)17-36-3)28(32-33)21-15-24(37-4)29(39-6)25(16-21)38-5/h7-16H,17H2,1-6H3,(H,31,35). The van der Waals surface area contributed by atoms with Gasteiger partial charge in [-0.1, -0.05) is 24.3 Å². The van der Waals surface area contributed by atoms with Gasteiger partial charge in [-0.05, 0) is 54.4 Å². The van der Waals surface area contributed by atoms with Crippen molar-refractivity contribution in [2.24, 2.45) is 0 Å². The lowest BCUT2D eigenvalue weighted by atomic mass is 10.00. The summed E-state index contributed by atoms with van der Waals surface area (Å²) in [6.07, 6.45) is 0. The zero-order chi connectivity index (χ0) is 28.8. The Morgan fingerprint density at radius 2 is 1.55 bits per heavy atom. The number of benzene rings is 3. The summed E-state index contributed by atoms with van der Waals surface area (Å²) in [4.78, 5) is 24.3. The molecule has 0 aliphatic carbocycles. The van der Waals surface area contributed by atoms with E-state index in [4.69, 9.17) is 28.8 Å². The number of rotatable bonds is 10. The fraction of sp³-hybridized carbons (Fsp3) is 0.233. The topological polar surface area (TPSA) is 110 Å². The van der Waals surface area contributed by atoms with Gasteiger partial charge in [-0.25, -0.2) is 0 Å². The van der Waals surface area contributed by atoms with Crippen LogP contribution >= 0.6 is 0 Å². The Bertz CT molecular complexity index is 1500. The van der Waals surface area contributed by atoms with Gasteiger partial charge in [-0.3, -0.25) is 9.59 Å². The van der Waals surface area contributed by atoms with Crippen LogP contribution in [0.25, 0.3) is 28.1 Å². The lowest BCUT2D eigenvalue weighted by Gasteiger charge is -2.14. The van der Waals surface area contributed by atoms with Gasteiger partial charge < -0.3 is 29.0 Å². The van der Waals surface area contributed by atoms with Crippen LogP contribution in [0, 0.1) is 6.92 Å². The summed E-state index contributed by atoms with van der Waals surface area (Å²) in [5.74, 6) is 0.773. The summed E-state index contributed by atoms with van der Waals surface area (Å²) in [5, 5.41) is 7.70. The number of methoxy groups -OCH3 is 4. The maximum atomic E-state index is 12.3. The molecule has 1 N–H and O–H groups in total. The van der Waals surface area contributed by atoms with Crippen molar-refractivity contribution in [2.45, 2.75) is 13.8 Å². The number of aryl methyl sites for hydroxylation is 1. The second kappa shape index (κ2) is 12.4. The van der Waals surface area contributed by atoms with Crippen molar-refractivity contribution in [3.8, 4) is 51.2 Å². The third-order valence-corrected chi connectivity index (χ3v) is 6.00. The number of aromatic nitrogens is 2. The third-order valence-electron chi connectivity index (χ3n) is 6.00. The van der Waals surface area contributed by atoms with Gasteiger partial charge in [-0.15, -0.1) is 0 Å². The molecule has 0 radical (unpaired) electrons. The smallest absolute Gasteiger partial charge is 0.309 e. The van der Waals surface area contributed by atoms with Crippen LogP contribution in [0.1, 0.15) is 12.5 Å². The third kappa shape index (κ3) is 5.92. The van der Waals surface area contributed by atoms with Crippen LogP contribution in [0.4, 0.5) is 5.69 Å². The van der Waals surface area contributed by atoms with Gasteiger partial charge in [0.25, 0.3) is 0 Å². The number of nitrogens with zero attached hydrogens (tertiary/aromatic N) is 2. The summed E-state index contributed by atoms with van der Waals surface area (Å²) in [7, 11) is 6.06. The summed E-state index contributed by atoms with van der Waals surface area (Å²) < 4.78 is 29.0. The molecule has 10 heteroatoms. The molecule has 0 saturated carbocycles. The van der Waals surface area contributed by atoms with Crippen LogP contribution in [0.2, 0.25) is 0 Å². The molecule has 0 bridgehead atoms. The van der Waals surface area contributed by atoms with Crippen molar-refractivity contribution in [2.75, 3.05) is 40.4 Å². The quantitative estimate of drug-likeness (QED) is 0.276. The van der Waals surface area contributed by atoms with Crippen molar-refractivity contribution in [1.29, 1.82) is 0 Å². The van der Waals surface area contributed by atoms with Crippen LogP contribution < -0.4 is 24.3 Å². The molecule has 0 fully saturated rings. The van der Waals surface area contributed by atoms with Crippen molar-refractivity contribution >= 4 is 17.6 Å². The molecule has 1 aromatic heterocycles. The highest BCUT2D eigenvalue weighted by atomic mass is 16.5. The highest BCUT2D eigenvalue weighted by Crippen LogP contribution is 2.46. The molecule has 1 amide bonds. The zero-order valence-corrected chi connectivity index (χ0v) is 23.2. The van der Waals surface area contributed by atoms with Crippen LogP contribution in [0.5, 0.6) is 23.1 Å². The molecule has 0 spiro atoms. The molecule has 0 unspecified atom stereocenters. The van der Waals surface area contributed by atoms with Gasteiger partial charge in [0.05, 0.1) is 32.6 Å². The first-order valence-corrected chi connectivity index (χ1v) is 12.4. The molecule has 0 atom stereocenters. The van der Waals surface area contributed by atoms with E-state index in [0.717, 1.165) is 5.56 Å². The van der Waals surface area contributed by atoms with Crippen molar-refractivity contribution in [1.82, 2.24) is 9.78 Å². The minimum absolute atomic E-state index is 0.0626. The minimum atomic E-state index is -0.505. The summed E-state index contributed by atoms with van der Waals surface area (Å²) in [5.41, 5.74) is 4.70. The Morgan fingerprint density at radius 1 is 0.875 bits per heavy atom. The number of carbonyl (C=O) groups excluding carboxylic acids is 2. The molecule has 10 nitrogen and oxygen atoms in total. The van der Waals surface area contributed by atoms with E-state index in [2.05, 4.69) is 5.32 Å². The lowest BCUT2D eigenvalue weighted by molar-refractivity contribution is -0.132. The van der Waals surface area contributed by atoms with E-state index in [1.807, 2.05) is 43.3 Å². The Kier molecular flexibility index (Phi) is 8.70. The predicted molar refractivity (Wildman–Crippen MR) is 151 cm³/mol. The van der Waals surface area contributed by atoms with Gasteiger partial charge in [0.15, 0.2) is 11.5 Å². The first-order chi connectivity index (χ1) is 19.3. The Balaban J connectivity index is 1.99. The normalized spacial score (nSPS) is 10.7. The van der Waals surface area contributed by atoms with Gasteiger partial charge in [0.1, 0.15) is 12.3 Å². The van der Waals surface area contributed by atoms with E-state index < -0.39 is 5.97 Å². The average Bonchev–Trinajstić information content (AvgIpc) is 3.31. The first-order valence-electron chi connectivity index (χ1n) is 12.4. The van der Waals surface area contributed by atoms with E-state index >= 15 is 0 Å². The second-order valence-electron chi connectivity index (χ2n) is 8.85. The van der Waals surface area contributed by atoms with Crippen LogP contribution in [-0.4, -0.2) is 56.7 Å². The molecule has 208 valence electrons. The fourth-order valence-electron chi connectivity index (χ4n) is 4.30. The molecule has 0 aliphatic rings. The Labute approximate surface area is 232 Å². The van der Waals surface area contributed by atoms with Crippen LogP contribution in [0.3, 0.4) is 0 Å². The van der Waals surface area contributed by atoms with Gasteiger partial charge in [0.2, 0.25) is 17.5 Å². The zero-order valence-electron chi connectivity index (χ0n) is 23.2. The number of amides is 1. The summed E-state index contributed by atoms with van der Waals surface area (Å²) in [6, 6.07) is 18.4. The number of hydrogen-bond donors (Lipinski definition) is 1. The molecule has 0 aliphatic heterocycles. The molecule has 4 rings (SSSR count). The van der Waals surface area contributed by atoms with E-state index in [-0.39, 0.29) is 18.4 Å². The van der Waals surface area contributed by atoms with Crippen LogP contribution in [-0.2, 0) is 14.3 Å². The highest BCUT2D eigenvalue weighted by Gasteiger charge is 2.26. The van der Waals surface area contributed by atoms with Crippen molar-refractivity contribution < 1.29 is 33.3 Å². The second-order valence-corrected chi connectivity index (χ2v) is 8.85. The molecule has 40 heavy (non-hydrogen) atoms. The molecule has 0 saturated heterocycles. The van der Waals surface area contributed by atoms with Crippen LogP contribution in [0.15, 0.2) is 60.7 Å². The maximum Gasteiger partial charge on any atom is 0.309 e. The SMILES string of the molecule is COCC(=O)Nc1ccc(-c2c(-c3cc(OC)c(OC)c(OC)c3)nn(-c3cccc(C)c3)c2OC(C)=O)cc1. The van der Waals surface area contributed by atoms with E-state index in [9.17, 15) is 9.59 Å². The average molecular weight is 546 g/mol. The number of anilines is 1.